The predicted octanol–water partition coefficient (Wildman–Crippen LogP) is 2.33. The van der Waals surface area contributed by atoms with E-state index in [0.29, 0.717) is 12.5 Å². The zero-order valence-corrected chi connectivity index (χ0v) is 10.1. The van der Waals surface area contributed by atoms with Gasteiger partial charge >= 0.3 is 0 Å². The number of hydrogen-bond acceptors (Lipinski definition) is 2. The smallest absolute Gasteiger partial charge is 0.239 e. The minimum absolute atomic E-state index is 0.196. The zero-order chi connectivity index (χ0) is 11.8. The molecule has 0 radical (unpaired) electrons. The Kier molecular flexibility index (Phi) is 8.13. The van der Waals surface area contributed by atoms with Gasteiger partial charge in [-0.3, -0.25) is 4.79 Å². The molecule has 0 aliphatic heterocycles. The molecule has 0 atom stereocenters. The second-order valence-corrected chi connectivity index (χ2v) is 3.84. The molecule has 0 aliphatic carbocycles. The Morgan fingerprint density at radius 2 is 1.86 bits per heavy atom. The van der Waals surface area contributed by atoms with Gasteiger partial charge in [-0.15, -0.1) is 0 Å². The monoisotopic (exact) mass is 198 g/mol. The molecule has 0 fully saturated rings. The third-order valence-corrected chi connectivity index (χ3v) is 1.52. The molecule has 0 aromatic heterocycles. The SMILES string of the molecule is CC.CC(C)CNC(=O)C(C)(C)C#N. The molecule has 0 heterocycles. The van der Waals surface area contributed by atoms with Gasteiger partial charge < -0.3 is 5.32 Å². The van der Waals surface area contributed by atoms with Crippen LogP contribution < -0.4 is 5.32 Å². The Morgan fingerprint density at radius 3 is 2.14 bits per heavy atom. The molecule has 0 rings (SSSR count). The van der Waals surface area contributed by atoms with E-state index in [-0.39, 0.29) is 5.91 Å². The Balaban J connectivity index is 0. The van der Waals surface area contributed by atoms with Crippen LogP contribution in [0.5, 0.6) is 0 Å². The van der Waals surface area contributed by atoms with Gasteiger partial charge in [0.05, 0.1) is 6.07 Å². The second-order valence-electron chi connectivity index (χ2n) is 3.84. The number of nitrogens with zero attached hydrogens (tertiary/aromatic N) is 1. The molecule has 0 spiro atoms. The van der Waals surface area contributed by atoms with E-state index in [2.05, 4.69) is 5.32 Å². The van der Waals surface area contributed by atoms with E-state index in [1.54, 1.807) is 13.8 Å². The third kappa shape index (κ3) is 6.47. The topological polar surface area (TPSA) is 52.9 Å². The zero-order valence-electron chi connectivity index (χ0n) is 10.1. The second kappa shape index (κ2) is 7.37. The van der Waals surface area contributed by atoms with E-state index in [1.807, 2.05) is 33.8 Å². The van der Waals surface area contributed by atoms with Crippen molar-refractivity contribution in [3.8, 4) is 6.07 Å². The minimum Gasteiger partial charge on any atom is -0.354 e. The van der Waals surface area contributed by atoms with Crippen molar-refractivity contribution in [2.75, 3.05) is 6.54 Å². The van der Waals surface area contributed by atoms with E-state index in [9.17, 15) is 4.79 Å². The van der Waals surface area contributed by atoms with Crippen molar-refractivity contribution in [3.63, 3.8) is 0 Å². The number of amides is 1. The van der Waals surface area contributed by atoms with E-state index >= 15 is 0 Å². The molecule has 14 heavy (non-hydrogen) atoms. The summed E-state index contributed by atoms with van der Waals surface area (Å²) >= 11 is 0. The lowest BCUT2D eigenvalue weighted by atomic mass is 9.94. The standard InChI is InChI=1S/C9H16N2O.C2H6/c1-7(2)5-11-8(12)9(3,4)6-10;1-2/h7H,5H2,1-4H3,(H,11,12);1-2H3. The van der Waals surface area contributed by atoms with Gasteiger partial charge in [-0.05, 0) is 19.8 Å². The molecule has 0 aliphatic rings. The normalized spacial score (nSPS) is 9.86. The van der Waals surface area contributed by atoms with Crippen LogP contribution in [0.1, 0.15) is 41.5 Å². The molecular formula is C11H22N2O. The number of rotatable bonds is 3. The maximum Gasteiger partial charge on any atom is 0.239 e. The fourth-order valence-electron chi connectivity index (χ4n) is 0.569. The van der Waals surface area contributed by atoms with Crippen LogP contribution in [0, 0.1) is 22.7 Å². The Morgan fingerprint density at radius 1 is 1.43 bits per heavy atom. The quantitative estimate of drug-likeness (QED) is 0.756. The van der Waals surface area contributed by atoms with Crippen LogP contribution >= 0.6 is 0 Å². The minimum atomic E-state index is -0.908. The molecule has 3 heteroatoms. The third-order valence-electron chi connectivity index (χ3n) is 1.52. The first-order valence-electron chi connectivity index (χ1n) is 5.09. The highest BCUT2D eigenvalue weighted by molar-refractivity contribution is 5.84. The molecule has 1 amide bonds. The van der Waals surface area contributed by atoms with Crippen LogP contribution in [0.3, 0.4) is 0 Å². The lowest BCUT2D eigenvalue weighted by Gasteiger charge is -2.15. The number of carbonyl (C=O) groups is 1. The van der Waals surface area contributed by atoms with Gasteiger partial charge in [-0.1, -0.05) is 27.7 Å². The highest BCUT2D eigenvalue weighted by Gasteiger charge is 2.26. The molecule has 0 bridgehead atoms. The maximum absolute atomic E-state index is 11.3. The van der Waals surface area contributed by atoms with Gasteiger partial charge in [0.1, 0.15) is 5.41 Å². The fraction of sp³-hybridized carbons (Fsp3) is 0.818. The van der Waals surface area contributed by atoms with E-state index in [0.717, 1.165) is 0 Å². The van der Waals surface area contributed by atoms with Crippen molar-refractivity contribution < 1.29 is 4.79 Å². The largest absolute Gasteiger partial charge is 0.354 e. The average Bonchev–Trinajstić information content (AvgIpc) is 2.17. The van der Waals surface area contributed by atoms with Crippen LogP contribution in [0.2, 0.25) is 0 Å². The van der Waals surface area contributed by atoms with Gasteiger partial charge in [0, 0.05) is 6.54 Å². The highest BCUT2D eigenvalue weighted by Crippen LogP contribution is 2.12. The van der Waals surface area contributed by atoms with Gasteiger partial charge in [0.25, 0.3) is 0 Å². The van der Waals surface area contributed by atoms with Crippen molar-refractivity contribution in [1.29, 1.82) is 5.26 Å². The molecule has 1 N–H and O–H groups in total. The summed E-state index contributed by atoms with van der Waals surface area (Å²) in [6.45, 7) is 11.9. The molecule has 0 aromatic carbocycles. The van der Waals surface area contributed by atoms with E-state index in [4.69, 9.17) is 5.26 Å². The Bertz CT molecular complexity index is 202. The summed E-state index contributed by atoms with van der Waals surface area (Å²) in [7, 11) is 0. The first-order chi connectivity index (χ1) is 6.40. The Labute approximate surface area is 87.5 Å². The fourth-order valence-corrected chi connectivity index (χ4v) is 0.569. The van der Waals surface area contributed by atoms with Crippen LogP contribution in [0.15, 0.2) is 0 Å². The molecule has 0 saturated heterocycles. The predicted molar refractivity (Wildman–Crippen MR) is 58.6 cm³/mol. The summed E-state index contributed by atoms with van der Waals surface area (Å²) in [6.07, 6.45) is 0. The number of hydrogen-bond donors (Lipinski definition) is 1. The molecule has 0 saturated carbocycles. The van der Waals surface area contributed by atoms with Gasteiger partial charge in [0.15, 0.2) is 0 Å². The summed E-state index contributed by atoms with van der Waals surface area (Å²) in [5.74, 6) is 0.224. The van der Waals surface area contributed by atoms with Crippen molar-refractivity contribution in [3.05, 3.63) is 0 Å². The Hall–Kier alpha value is -1.04. The number of nitrogens with one attached hydrogen (secondary N) is 1. The summed E-state index contributed by atoms with van der Waals surface area (Å²) < 4.78 is 0. The van der Waals surface area contributed by atoms with Gasteiger partial charge in [0.2, 0.25) is 5.91 Å². The first-order valence-corrected chi connectivity index (χ1v) is 5.09. The summed E-state index contributed by atoms with van der Waals surface area (Å²) in [5, 5.41) is 11.3. The maximum atomic E-state index is 11.3. The summed E-state index contributed by atoms with van der Waals surface area (Å²) in [6, 6.07) is 1.95. The first kappa shape index (κ1) is 15.4. The molecule has 0 unspecified atom stereocenters. The van der Waals surface area contributed by atoms with E-state index < -0.39 is 5.41 Å². The molecular weight excluding hydrogens is 176 g/mol. The molecule has 82 valence electrons. The van der Waals surface area contributed by atoms with Crippen LogP contribution in [-0.4, -0.2) is 12.5 Å². The molecule has 0 aromatic rings. The average molecular weight is 198 g/mol. The van der Waals surface area contributed by atoms with Crippen LogP contribution in [0.4, 0.5) is 0 Å². The van der Waals surface area contributed by atoms with Crippen molar-refractivity contribution >= 4 is 5.91 Å². The number of carbonyl (C=O) groups excluding carboxylic acids is 1. The van der Waals surface area contributed by atoms with E-state index in [1.165, 1.54) is 0 Å². The van der Waals surface area contributed by atoms with Crippen molar-refractivity contribution in [2.45, 2.75) is 41.5 Å². The van der Waals surface area contributed by atoms with Crippen molar-refractivity contribution in [2.24, 2.45) is 11.3 Å². The van der Waals surface area contributed by atoms with Gasteiger partial charge in [-0.2, -0.15) is 5.26 Å². The lowest BCUT2D eigenvalue weighted by molar-refractivity contribution is -0.126. The number of nitriles is 1. The molecule has 3 nitrogen and oxygen atoms in total. The van der Waals surface area contributed by atoms with Crippen LogP contribution in [-0.2, 0) is 4.79 Å². The lowest BCUT2D eigenvalue weighted by Crippen LogP contribution is -2.37. The van der Waals surface area contributed by atoms with Gasteiger partial charge in [-0.25, -0.2) is 0 Å². The van der Waals surface area contributed by atoms with Crippen LogP contribution in [0.25, 0.3) is 0 Å². The summed E-state index contributed by atoms with van der Waals surface area (Å²) in [4.78, 5) is 11.3. The highest BCUT2D eigenvalue weighted by atomic mass is 16.2. The van der Waals surface area contributed by atoms with Crippen molar-refractivity contribution in [1.82, 2.24) is 5.32 Å². The summed E-state index contributed by atoms with van der Waals surface area (Å²) in [5.41, 5.74) is -0.908.